The molecule has 0 atom stereocenters. The van der Waals surface area contributed by atoms with Crippen molar-refractivity contribution in [3.63, 3.8) is 0 Å². The van der Waals surface area contributed by atoms with Gasteiger partial charge in [-0.3, -0.25) is 4.79 Å². The number of amides is 1. The van der Waals surface area contributed by atoms with E-state index in [-0.39, 0.29) is 11.6 Å². The van der Waals surface area contributed by atoms with Crippen LogP contribution in [0.4, 0.5) is 0 Å². The minimum absolute atomic E-state index is 0.0576. The van der Waals surface area contributed by atoms with E-state index < -0.39 is 5.97 Å². The van der Waals surface area contributed by atoms with E-state index in [2.05, 4.69) is 11.1 Å². The summed E-state index contributed by atoms with van der Waals surface area (Å²) in [7, 11) is 0. The minimum atomic E-state index is -1.09. The second-order valence-electron chi connectivity index (χ2n) is 5.34. The molecule has 5 nitrogen and oxygen atoms in total. The molecular formula is C17H16N2O3. The summed E-state index contributed by atoms with van der Waals surface area (Å²) >= 11 is 0. The molecule has 1 aromatic carbocycles. The number of aryl methyl sites for hydroxylation is 1. The van der Waals surface area contributed by atoms with Crippen LogP contribution in [-0.2, 0) is 13.0 Å². The fourth-order valence-electron chi connectivity index (χ4n) is 2.70. The molecule has 1 aliphatic heterocycles. The second kappa shape index (κ2) is 5.97. The number of aromatic carboxylic acids is 1. The molecule has 0 saturated heterocycles. The first kappa shape index (κ1) is 14.3. The summed E-state index contributed by atoms with van der Waals surface area (Å²) in [6, 6.07) is 11.0. The molecule has 2 heterocycles. The predicted molar refractivity (Wildman–Crippen MR) is 80.7 cm³/mol. The fraction of sp³-hybridized carbons (Fsp3) is 0.235. The third-order valence-corrected chi connectivity index (χ3v) is 3.87. The van der Waals surface area contributed by atoms with E-state index in [0.29, 0.717) is 18.7 Å². The lowest BCUT2D eigenvalue weighted by molar-refractivity contribution is 0.0686. The highest BCUT2D eigenvalue weighted by molar-refractivity contribution is 5.95. The number of carboxylic acid groups (broad SMARTS) is 1. The van der Waals surface area contributed by atoms with Gasteiger partial charge in [0.25, 0.3) is 5.91 Å². The Morgan fingerprint density at radius 3 is 2.55 bits per heavy atom. The largest absolute Gasteiger partial charge is 0.477 e. The van der Waals surface area contributed by atoms with Gasteiger partial charge in [-0.15, -0.1) is 0 Å². The monoisotopic (exact) mass is 296 g/mol. The molecule has 5 heteroatoms. The van der Waals surface area contributed by atoms with Crippen molar-refractivity contribution in [2.75, 3.05) is 6.54 Å². The number of hydrogen-bond donors (Lipinski definition) is 1. The van der Waals surface area contributed by atoms with Crippen LogP contribution in [-0.4, -0.2) is 33.4 Å². The summed E-state index contributed by atoms with van der Waals surface area (Å²) in [6.07, 6.45) is 3.22. The van der Waals surface area contributed by atoms with Crippen LogP contribution in [0.3, 0.4) is 0 Å². The molecule has 1 amide bonds. The zero-order valence-corrected chi connectivity index (χ0v) is 12.0. The third-order valence-electron chi connectivity index (χ3n) is 3.87. The van der Waals surface area contributed by atoms with E-state index in [0.717, 1.165) is 12.8 Å². The van der Waals surface area contributed by atoms with Gasteiger partial charge < -0.3 is 10.0 Å². The molecule has 1 N–H and O–H groups in total. The Bertz CT molecular complexity index is 710. The number of benzene rings is 1. The number of carbonyl (C=O) groups is 2. The van der Waals surface area contributed by atoms with Crippen molar-refractivity contribution in [2.45, 2.75) is 19.4 Å². The van der Waals surface area contributed by atoms with Gasteiger partial charge in [-0.2, -0.15) is 0 Å². The molecule has 3 rings (SSSR count). The maximum absolute atomic E-state index is 12.6. The van der Waals surface area contributed by atoms with Crippen molar-refractivity contribution in [3.8, 4) is 0 Å². The molecule has 0 bridgehead atoms. The van der Waals surface area contributed by atoms with Gasteiger partial charge in [0.05, 0.1) is 5.56 Å². The lowest BCUT2D eigenvalue weighted by Gasteiger charge is -2.20. The summed E-state index contributed by atoms with van der Waals surface area (Å²) in [4.78, 5) is 29.0. The van der Waals surface area contributed by atoms with Crippen molar-refractivity contribution in [1.82, 2.24) is 9.88 Å². The lowest BCUT2D eigenvalue weighted by atomic mass is 10.0. The maximum atomic E-state index is 12.6. The molecule has 0 radical (unpaired) electrons. The third kappa shape index (κ3) is 2.83. The molecule has 0 aliphatic carbocycles. The van der Waals surface area contributed by atoms with Gasteiger partial charge >= 0.3 is 5.97 Å². The number of aromatic nitrogens is 1. The highest BCUT2D eigenvalue weighted by Crippen LogP contribution is 2.20. The first-order chi connectivity index (χ1) is 10.6. The predicted octanol–water partition coefficient (Wildman–Crippen LogP) is 2.37. The number of rotatable bonds is 2. The van der Waals surface area contributed by atoms with Crippen molar-refractivity contribution < 1.29 is 14.7 Å². The molecule has 0 spiro atoms. The number of hydrogen-bond acceptors (Lipinski definition) is 3. The Labute approximate surface area is 128 Å². The minimum Gasteiger partial charge on any atom is -0.477 e. The van der Waals surface area contributed by atoms with E-state index in [1.54, 1.807) is 4.90 Å². The Balaban J connectivity index is 1.81. The maximum Gasteiger partial charge on any atom is 0.354 e. The normalized spacial score (nSPS) is 14.1. The molecule has 1 aliphatic rings. The number of nitrogens with zero attached hydrogens (tertiary/aromatic N) is 2. The standard InChI is InChI=1S/C17H16N2O3/c20-16(13-7-8-15(17(21)22)18-10-13)19-9-3-6-12-4-1-2-5-14(12)11-19/h1-2,4-5,7-8,10H,3,6,9,11H2,(H,21,22). The average Bonchev–Trinajstić information content (AvgIpc) is 2.76. The van der Waals surface area contributed by atoms with Crippen molar-refractivity contribution in [3.05, 3.63) is 65.0 Å². The van der Waals surface area contributed by atoms with Crippen LogP contribution in [0, 0.1) is 0 Å². The number of carboxylic acids is 1. The van der Waals surface area contributed by atoms with Crippen LogP contribution in [0.1, 0.15) is 38.4 Å². The Kier molecular flexibility index (Phi) is 3.87. The van der Waals surface area contributed by atoms with Gasteiger partial charge in [0, 0.05) is 19.3 Å². The second-order valence-corrected chi connectivity index (χ2v) is 5.34. The smallest absolute Gasteiger partial charge is 0.354 e. The SMILES string of the molecule is O=C(O)c1ccc(C(=O)N2CCCc3ccccc3C2)cn1. The van der Waals surface area contributed by atoms with Gasteiger partial charge in [0.2, 0.25) is 0 Å². The van der Waals surface area contributed by atoms with Gasteiger partial charge in [0.15, 0.2) is 0 Å². The van der Waals surface area contributed by atoms with Crippen LogP contribution in [0.2, 0.25) is 0 Å². The summed E-state index contributed by atoms with van der Waals surface area (Å²) in [6.45, 7) is 1.27. The van der Waals surface area contributed by atoms with Crippen molar-refractivity contribution in [2.24, 2.45) is 0 Å². The van der Waals surface area contributed by atoms with Crippen LogP contribution in [0.5, 0.6) is 0 Å². The quantitative estimate of drug-likeness (QED) is 0.923. The fourth-order valence-corrected chi connectivity index (χ4v) is 2.70. The van der Waals surface area contributed by atoms with Crippen LogP contribution in [0.15, 0.2) is 42.6 Å². The van der Waals surface area contributed by atoms with Crippen molar-refractivity contribution in [1.29, 1.82) is 0 Å². The zero-order valence-electron chi connectivity index (χ0n) is 12.0. The Morgan fingerprint density at radius 2 is 1.86 bits per heavy atom. The van der Waals surface area contributed by atoms with E-state index in [4.69, 9.17) is 5.11 Å². The Morgan fingerprint density at radius 1 is 1.09 bits per heavy atom. The average molecular weight is 296 g/mol. The summed E-state index contributed by atoms with van der Waals surface area (Å²) < 4.78 is 0. The van der Waals surface area contributed by atoms with Crippen LogP contribution in [0.25, 0.3) is 0 Å². The molecule has 22 heavy (non-hydrogen) atoms. The van der Waals surface area contributed by atoms with Gasteiger partial charge in [-0.25, -0.2) is 9.78 Å². The lowest BCUT2D eigenvalue weighted by Crippen LogP contribution is -2.30. The van der Waals surface area contributed by atoms with E-state index in [9.17, 15) is 9.59 Å². The topological polar surface area (TPSA) is 70.5 Å². The summed E-state index contributed by atoms with van der Waals surface area (Å²) in [5.74, 6) is -1.20. The molecule has 0 fully saturated rings. The summed E-state index contributed by atoms with van der Waals surface area (Å²) in [5.41, 5.74) is 2.82. The molecule has 112 valence electrons. The van der Waals surface area contributed by atoms with Crippen molar-refractivity contribution >= 4 is 11.9 Å². The van der Waals surface area contributed by atoms with E-state index in [1.807, 2.05) is 18.2 Å². The van der Waals surface area contributed by atoms with Crippen LogP contribution >= 0.6 is 0 Å². The number of carbonyl (C=O) groups excluding carboxylic acids is 1. The van der Waals surface area contributed by atoms with E-state index in [1.165, 1.54) is 29.5 Å². The number of pyridine rings is 1. The molecule has 2 aromatic rings. The Hall–Kier alpha value is -2.69. The summed E-state index contributed by atoms with van der Waals surface area (Å²) in [5, 5.41) is 8.85. The molecule has 0 unspecified atom stereocenters. The van der Waals surface area contributed by atoms with Gasteiger partial charge in [-0.05, 0) is 36.1 Å². The zero-order chi connectivity index (χ0) is 15.5. The van der Waals surface area contributed by atoms with Gasteiger partial charge in [0.1, 0.15) is 5.69 Å². The van der Waals surface area contributed by atoms with Crippen LogP contribution < -0.4 is 0 Å². The molecule has 0 saturated carbocycles. The number of fused-ring (bicyclic) bond motifs is 1. The first-order valence-electron chi connectivity index (χ1n) is 7.20. The highest BCUT2D eigenvalue weighted by Gasteiger charge is 2.20. The highest BCUT2D eigenvalue weighted by atomic mass is 16.4. The molecule has 1 aromatic heterocycles. The first-order valence-corrected chi connectivity index (χ1v) is 7.20. The van der Waals surface area contributed by atoms with Gasteiger partial charge in [-0.1, -0.05) is 24.3 Å². The van der Waals surface area contributed by atoms with E-state index >= 15 is 0 Å². The molecular weight excluding hydrogens is 280 g/mol.